The lowest BCUT2D eigenvalue weighted by Gasteiger charge is -2.49. The highest BCUT2D eigenvalue weighted by atomic mass is 16.1. The molecule has 14 aromatic rings. The van der Waals surface area contributed by atoms with Crippen molar-refractivity contribution in [2.24, 2.45) is 0 Å². The molecule has 0 radical (unpaired) electrons. The van der Waals surface area contributed by atoms with Gasteiger partial charge in [-0.2, -0.15) is 0 Å². The summed E-state index contributed by atoms with van der Waals surface area (Å²) in [7, 11) is 0. The third kappa shape index (κ3) is 7.72. The van der Waals surface area contributed by atoms with Crippen molar-refractivity contribution in [1.82, 2.24) is 9.97 Å². The number of aromatic nitrogens is 2. The first-order valence-corrected chi connectivity index (χ1v) is 31.3. The van der Waals surface area contributed by atoms with E-state index in [1.807, 2.05) is 36.7 Å². The maximum absolute atomic E-state index is 14.8. The highest BCUT2D eigenvalue weighted by Gasteiger charge is 2.55. The fraction of sp³-hybridized carbons (Fsp3) is 0.0235. The highest BCUT2D eigenvalue weighted by molar-refractivity contribution is 6.15. The number of anilines is 12. The Hall–Kier alpha value is -12.2. The Morgan fingerprint density at radius 1 is 0.261 bits per heavy atom. The molecular weight excluding hydrogens is 1120 g/mol. The van der Waals surface area contributed by atoms with E-state index in [1.54, 1.807) is 0 Å². The van der Waals surface area contributed by atoms with Crippen molar-refractivity contribution in [1.29, 1.82) is 0 Å². The molecule has 4 aliphatic rings. The SMILES string of the molecule is O=C1c2ccccc2C2(c3ccccc31)c1ccccc1N(c1ccccc1)c1ccc(-c3cccc(N(c4ccccc4)c4ccc5c(c4)C4(c6cc(N(c7ccccc7)c7ccccc7)ccc6N5c5ccccc5)c5cccnc5-c5ncccc54)c3)cc12. The first-order chi connectivity index (χ1) is 45.6. The average Bonchev–Trinajstić information content (AvgIpc) is 1.62. The van der Waals surface area contributed by atoms with Crippen LogP contribution in [0.1, 0.15) is 60.4 Å². The highest BCUT2D eigenvalue weighted by Crippen LogP contribution is 2.65. The summed E-state index contributed by atoms with van der Waals surface area (Å²) < 4.78 is 0. The topological polar surface area (TPSA) is 55.8 Å². The van der Waals surface area contributed by atoms with Crippen LogP contribution in [0.15, 0.2) is 340 Å². The van der Waals surface area contributed by atoms with E-state index in [1.165, 1.54) is 0 Å². The summed E-state index contributed by atoms with van der Waals surface area (Å²) in [5, 5.41) is 0. The van der Waals surface area contributed by atoms with Gasteiger partial charge in [0, 0.05) is 69.0 Å². The molecule has 2 aromatic heterocycles. The van der Waals surface area contributed by atoms with Crippen molar-refractivity contribution in [2.75, 3.05) is 19.6 Å². The van der Waals surface area contributed by atoms with E-state index in [2.05, 4.69) is 323 Å². The van der Waals surface area contributed by atoms with Gasteiger partial charge in [-0.05, 0) is 195 Å². The van der Waals surface area contributed by atoms with Gasteiger partial charge < -0.3 is 19.6 Å². The van der Waals surface area contributed by atoms with Gasteiger partial charge in [-0.3, -0.25) is 14.8 Å². The number of benzene rings is 12. The zero-order valence-corrected chi connectivity index (χ0v) is 49.9. The first-order valence-electron chi connectivity index (χ1n) is 31.3. The summed E-state index contributed by atoms with van der Waals surface area (Å²) in [5.74, 6) is 0.0403. The van der Waals surface area contributed by atoms with Crippen LogP contribution in [-0.2, 0) is 10.8 Å². The summed E-state index contributed by atoms with van der Waals surface area (Å²) in [6.45, 7) is 0. The number of carbonyl (C=O) groups is 1. The van der Waals surface area contributed by atoms with Crippen LogP contribution in [0.2, 0.25) is 0 Å². The van der Waals surface area contributed by atoms with Crippen LogP contribution in [0.25, 0.3) is 22.5 Å². The lowest BCUT2D eigenvalue weighted by atomic mass is 9.57. The maximum atomic E-state index is 14.8. The summed E-state index contributed by atoms with van der Waals surface area (Å²) in [4.78, 5) is 34.8. The Labute approximate surface area is 534 Å². The lowest BCUT2D eigenvalue weighted by molar-refractivity contribution is 0.103. The Kier molecular flexibility index (Phi) is 12.1. The quantitative estimate of drug-likeness (QED) is 0.143. The average molecular weight is 1180 g/mol. The molecule has 0 saturated carbocycles. The number of carbonyl (C=O) groups excluding carboxylic acids is 1. The minimum atomic E-state index is -0.898. The van der Waals surface area contributed by atoms with Crippen LogP contribution in [0.4, 0.5) is 68.2 Å². The molecule has 0 saturated heterocycles. The Bertz CT molecular complexity index is 5100. The van der Waals surface area contributed by atoms with Gasteiger partial charge in [0.05, 0.1) is 45.0 Å². The van der Waals surface area contributed by atoms with E-state index in [-0.39, 0.29) is 5.78 Å². The zero-order valence-electron chi connectivity index (χ0n) is 49.9. The number of rotatable bonds is 9. The standard InChI is InChI=1S/C85H56N6O/c92-83-67-37-16-18-39-69(67)84(70-40-19-17-38-68(70)83)71-41-20-21-44-77(71)90(62-32-12-4-13-33-62)78-48-45-58(54-74(78)84)57-25-22-36-64(53-57)89(61-30-10-3-11-31-61)66-47-50-80-76(56-66)85(72-42-23-51-86-81(72)82-73(85)43-24-52-87-82)75-55-65(46-49-79(75)91(80)63-34-14-5-15-35-63)88(59-26-6-1-7-27-59)60-28-8-2-9-29-60/h1-56H. The van der Waals surface area contributed by atoms with Crippen molar-refractivity contribution in [2.45, 2.75) is 10.8 Å². The minimum absolute atomic E-state index is 0.0403. The van der Waals surface area contributed by atoms with Gasteiger partial charge in [0.15, 0.2) is 5.78 Å². The van der Waals surface area contributed by atoms with Crippen LogP contribution < -0.4 is 19.6 Å². The van der Waals surface area contributed by atoms with Gasteiger partial charge in [-0.15, -0.1) is 0 Å². The first kappa shape index (κ1) is 52.9. The molecule has 18 rings (SSSR count). The van der Waals surface area contributed by atoms with E-state index in [9.17, 15) is 4.79 Å². The van der Waals surface area contributed by atoms with Gasteiger partial charge in [0.25, 0.3) is 0 Å². The maximum Gasteiger partial charge on any atom is 0.193 e. The molecule has 7 nitrogen and oxygen atoms in total. The number of ketones is 1. The number of pyridine rings is 2. The predicted octanol–water partition coefficient (Wildman–Crippen LogP) is 20.9. The molecule has 2 aliphatic carbocycles. The van der Waals surface area contributed by atoms with Crippen molar-refractivity contribution in [3.63, 3.8) is 0 Å². The molecule has 0 bridgehead atoms. The molecule has 0 amide bonds. The number of nitrogens with zero attached hydrogens (tertiary/aromatic N) is 6. The number of hydrogen-bond donors (Lipinski definition) is 0. The molecule has 12 aromatic carbocycles. The molecule has 432 valence electrons. The zero-order chi connectivity index (χ0) is 60.9. The second-order valence-corrected chi connectivity index (χ2v) is 23.9. The van der Waals surface area contributed by atoms with Gasteiger partial charge in [0.2, 0.25) is 0 Å². The molecule has 7 heteroatoms. The van der Waals surface area contributed by atoms with Crippen molar-refractivity contribution in [3.05, 3.63) is 396 Å². The Balaban J connectivity index is 0.867. The molecule has 4 heterocycles. The van der Waals surface area contributed by atoms with E-state index in [0.717, 1.165) is 135 Å². The third-order valence-corrected chi connectivity index (χ3v) is 19.3. The number of fused-ring (bicyclic) bond motifs is 17. The van der Waals surface area contributed by atoms with Crippen LogP contribution in [-0.4, -0.2) is 15.8 Å². The van der Waals surface area contributed by atoms with Crippen LogP contribution in [0.3, 0.4) is 0 Å². The third-order valence-electron chi connectivity index (χ3n) is 19.3. The van der Waals surface area contributed by atoms with Crippen LogP contribution in [0.5, 0.6) is 0 Å². The lowest BCUT2D eigenvalue weighted by Crippen LogP contribution is -2.42. The monoisotopic (exact) mass is 1180 g/mol. The molecular formula is C85H56N6O. The second-order valence-electron chi connectivity index (χ2n) is 23.9. The van der Waals surface area contributed by atoms with Gasteiger partial charge in [-0.1, -0.05) is 188 Å². The fourth-order valence-corrected chi connectivity index (χ4v) is 15.6. The van der Waals surface area contributed by atoms with E-state index >= 15 is 0 Å². The minimum Gasteiger partial charge on any atom is -0.310 e. The van der Waals surface area contributed by atoms with Gasteiger partial charge in [-0.25, -0.2) is 0 Å². The molecule has 2 aliphatic heterocycles. The summed E-state index contributed by atoms with van der Waals surface area (Å²) >= 11 is 0. The molecule has 0 unspecified atom stereocenters. The second kappa shape index (κ2) is 21.0. The van der Waals surface area contributed by atoms with Crippen molar-refractivity contribution in [3.8, 4) is 22.5 Å². The number of hydrogen-bond acceptors (Lipinski definition) is 7. The smallest absolute Gasteiger partial charge is 0.193 e. The van der Waals surface area contributed by atoms with Crippen molar-refractivity contribution < 1.29 is 4.79 Å². The molecule has 92 heavy (non-hydrogen) atoms. The van der Waals surface area contributed by atoms with Crippen molar-refractivity contribution >= 4 is 74.0 Å². The van der Waals surface area contributed by atoms with Gasteiger partial charge in [0.1, 0.15) is 0 Å². The molecule has 2 spiro atoms. The molecule has 0 fully saturated rings. The fourth-order valence-electron chi connectivity index (χ4n) is 15.6. The van der Waals surface area contributed by atoms with Gasteiger partial charge >= 0.3 is 0 Å². The Morgan fingerprint density at radius 2 is 0.620 bits per heavy atom. The summed E-state index contributed by atoms with van der Waals surface area (Å²) in [6, 6.07) is 117. The van der Waals surface area contributed by atoms with E-state index < -0.39 is 10.8 Å². The summed E-state index contributed by atoms with van der Waals surface area (Å²) in [6.07, 6.45) is 3.80. The van der Waals surface area contributed by atoms with E-state index in [0.29, 0.717) is 11.1 Å². The largest absolute Gasteiger partial charge is 0.310 e. The Morgan fingerprint density at radius 3 is 1.13 bits per heavy atom. The van der Waals surface area contributed by atoms with Crippen LogP contribution in [0, 0.1) is 0 Å². The molecule has 0 N–H and O–H groups in total. The van der Waals surface area contributed by atoms with E-state index in [4.69, 9.17) is 9.97 Å². The normalized spacial score (nSPS) is 13.8. The molecule has 0 atom stereocenters. The summed E-state index contributed by atoms with van der Waals surface area (Å²) in [5.41, 5.74) is 24.5. The van der Waals surface area contributed by atoms with Crippen LogP contribution >= 0.6 is 0 Å². The predicted molar refractivity (Wildman–Crippen MR) is 372 cm³/mol. The number of para-hydroxylation sites is 6.